The minimum Gasteiger partial charge on any atom is -0.313 e. The van der Waals surface area contributed by atoms with Crippen LogP contribution in [0.25, 0.3) is 0 Å². The van der Waals surface area contributed by atoms with Crippen molar-refractivity contribution in [2.75, 3.05) is 6.54 Å². The van der Waals surface area contributed by atoms with E-state index in [1.807, 2.05) is 0 Å². The largest absolute Gasteiger partial charge is 0.313 e. The van der Waals surface area contributed by atoms with Crippen molar-refractivity contribution >= 4 is 11.6 Å². The fourth-order valence-electron chi connectivity index (χ4n) is 1.25. The lowest BCUT2D eigenvalue weighted by Gasteiger charge is -2.04. The summed E-state index contributed by atoms with van der Waals surface area (Å²) in [6.45, 7) is 3.78. The van der Waals surface area contributed by atoms with Crippen molar-refractivity contribution in [1.82, 2.24) is 5.32 Å². The van der Waals surface area contributed by atoms with E-state index >= 15 is 0 Å². The number of benzene rings is 1. The molecule has 0 fully saturated rings. The van der Waals surface area contributed by atoms with E-state index in [0.29, 0.717) is 11.6 Å². The van der Waals surface area contributed by atoms with Gasteiger partial charge in [0, 0.05) is 11.6 Å². The molecule has 0 unspecified atom stereocenters. The normalized spacial score (nSPS) is 10.5. The predicted molar refractivity (Wildman–Crippen MR) is 58.0 cm³/mol. The van der Waals surface area contributed by atoms with E-state index in [4.69, 9.17) is 11.6 Å². The lowest BCUT2D eigenvalue weighted by atomic mass is 10.2. The van der Waals surface area contributed by atoms with Gasteiger partial charge in [0.05, 0.1) is 0 Å². The van der Waals surface area contributed by atoms with Gasteiger partial charge in [-0.15, -0.1) is 0 Å². The lowest BCUT2D eigenvalue weighted by molar-refractivity contribution is 0.614. The van der Waals surface area contributed by atoms with Crippen LogP contribution < -0.4 is 5.32 Å². The van der Waals surface area contributed by atoms with E-state index in [2.05, 4.69) is 12.2 Å². The van der Waals surface area contributed by atoms with E-state index in [9.17, 15) is 4.39 Å². The van der Waals surface area contributed by atoms with Gasteiger partial charge in [0.25, 0.3) is 0 Å². The Bertz CT molecular complexity index is 268. The maximum atomic E-state index is 12.9. The van der Waals surface area contributed by atoms with Crippen LogP contribution in [0.15, 0.2) is 18.2 Å². The average molecular weight is 216 g/mol. The van der Waals surface area contributed by atoms with Crippen LogP contribution in [0.4, 0.5) is 4.39 Å². The molecule has 0 aliphatic rings. The van der Waals surface area contributed by atoms with Crippen molar-refractivity contribution in [3.8, 4) is 0 Å². The predicted octanol–water partition coefficient (Wildman–Crippen LogP) is 3.37. The van der Waals surface area contributed by atoms with Gasteiger partial charge in [-0.25, -0.2) is 4.39 Å². The maximum Gasteiger partial charge on any atom is 0.125 e. The van der Waals surface area contributed by atoms with Crippen LogP contribution in [0.2, 0.25) is 5.02 Å². The number of hydrogen-bond donors (Lipinski definition) is 1. The van der Waals surface area contributed by atoms with E-state index in [1.165, 1.54) is 12.1 Å². The third kappa shape index (κ3) is 4.07. The first-order chi connectivity index (χ1) is 6.72. The van der Waals surface area contributed by atoms with Gasteiger partial charge in [0.1, 0.15) is 5.82 Å². The van der Waals surface area contributed by atoms with Gasteiger partial charge in [0.2, 0.25) is 0 Å². The van der Waals surface area contributed by atoms with E-state index < -0.39 is 0 Å². The Hall–Kier alpha value is -0.600. The summed E-state index contributed by atoms with van der Waals surface area (Å²) >= 11 is 5.72. The molecular weight excluding hydrogens is 201 g/mol. The smallest absolute Gasteiger partial charge is 0.125 e. The highest BCUT2D eigenvalue weighted by atomic mass is 35.5. The second kappa shape index (κ2) is 5.99. The summed E-state index contributed by atoms with van der Waals surface area (Å²) in [5.74, 6) is -0.273. The number of halogens is 2. The molecule has 0 radical (unpaired) electrons. The van der Waals surface area contributed by atoms with Crippen molar-refractivity contribution in [3.05, 3.63) is 34.6 Å². The van der Waals surface area contributed by atoms with Crippen LogP contribution in [0, 0.1) is 5.82 Å². The SMILES string of the molecule is CCCCNCc1cc(F)cc(Cl)c1. The second-order valence-corrected chi connectivity index (χ2v) is 3.74. The van der Waals surface area contributed by atoms with Crippen LogP contribution in [0.3, 0.4) is 0 Å². The van der Waals surface area contributed by atoms with Crippen molar-refractivity contribution in [2.45, 2.75) is 26.3 Å². The molecule has 0 bridgehead atoms. The van der Waals surface area contributed by atoms with Crippen LogP contribution in [-0.4, -0.2) is 6.54 Å². The molecule has 14 heavy (non-hydrogen) atoms. The summed E-state index contributed by atoms with van der Waals surface area (Å²) in [7, 11) is 0. The molecule has 0 heterocycles. The zero-order chi connectivity index (χ0) is 10.4. The Balaban J connectivity index is 2.42. The summed E-state index contributed by atoms with van der Waals surface area (Å²) in [6, 6.07) is 4.60. The Morgan fingerprint density at radius 2 is 2.14 bits per heavy atom. The Morgan fingerprint density at radius 1 is 1.36 bits per heavy atom. The van der Waals surface area contributed by atoms with Crippen molar-refractivity contribution in [2.24, 2.45) is 0 Å². The lowest BCUT2D eigenvalue weighted by Crippen LogP contribution is -2.14. The highest BCUT2D eigenvalue weighted by Gasteiger charge is 1.98. The summed E-state index contributed by atoms with van der Waals surface area (Å²) in [6.07, 6.45) is 2.31. The number of hydrogen-bond acceptors (Lipinski definition) is 1. The topological polar surface area (TPSA) is 12.0 Å². The van der Waals surface area contributed by atoms with E-state index in [1.54, 1.807) is 6.07 Å². The fourth-order valence-corrected chi connectivity index (χ4v) is 1.49. The molecule has 0 aromatic heterocycles. The van der Waals surface area contributed by atoms with Gasteiger partial charge in [-0.2, -0.15) is 0 Å². The fraction of sp³-hybridized carbons (Fsp3) is 0.455. The van der Waals surface area contributed by atoms with Crippen molar-refractivity contribution in [3.63, 3.8) is 0 Å². The Kier molecular flexibility index (Phi) is 4.91. The first kappa shape index (κ1) is 11.5. The quantitative estimate of drug-likeness (QED) is 0.743. The van der Waals surface area contributed by atoms with Gasteiger partial charge in [0.15, 0.2) is 0 Å². The molecule has 1 aromatic carbocycles. The molecule has 0 saturated heterocycles. The third-order valence-electron chi connectivity index (χ3n) is 1.96. The maximum absolute atomic E-state index is 12.9. The number of nitrogens with one attached hydrogen (secondary N) is 1. The first-order valence-electron chi connectivity index (χ1n) is 4.88. The molecule has 1 aromatic rings. The molecule has 0 aliphatic heterocycles. The molecule has 1 nitrogen and oxygen atoms in total. The second-order valence-electron chi connectivity index (χ2n) is 3.31. The summed E-state index contributed by atoms with van der Waals surface area (Å²) < 4.78 is 12.9. The average Bonchev–Trinajstić information content (AvgIpc) is 2.11. The zero-order valence-corrected chi connectivity index (χ0v) is 9.07. The molecule has 0 amide bonds. The summed E-state index contributed by atoms with van der Waals surface area (Å²) in [5, 5.41) is 3.69. The van der Waals surface area contributed by atoms with E-state index in [0.717, 1.165) is 24.9 Å². The minimum absolute atomic E-state index is 0.273. The molecule has 78 valence electrons. The number of unbranched alkanes of at least 4 members (excludes halogenated alkanes) is 1. The summed E-state index contributed by atoms with van der Waals surface area (Å²) in [5.41, 5.74) is 0.895. The van der Waals surface area contributed by atoms with Crippen LogP contribution in [0.5, 0.6) is 0 Å². The van der Waals surface area contributed by atoms with Gasteiger partial charge in [-0.05, 0) is 36.7 Å². The molecule has 3 heteroatoms. The molecular formula is C11H15ClFN. The van der Waals surface area contributed by atoms with Gasteiger partial charge < -0.3 is 5.32 Å². The molecule has 0 atom stereocenters. The van der Waals surface area contributed by atoms with E-state index in [-0.39, 0.29) is 5.82 Å². The van der Waals surface area contributed by atoms with Crippen LogP contribution >= 0.6 is 11.6 Å². The Morgan fingerprint density at radius 3 is 2.79 bits per heavy atom. The first-order valence-corrected chi connectivity index (χ1v) is 5.26. The molecule has 1 N–H and O–H groups in total. The van der Waals surface area contributed by atoms with Crippen LogP contribution in [-0.2, 0) is 6.54 Å². The van der Waals surface area contributed by atoms with Crippen LogP contribution in [0.1, 0.15) is 25.3 Å². The minimum atomic E-state index is -0.273. The number of rotatable bonds is 5. The molecule has 1 rings (SSSR count). The van der Waals surface area contributed by atoms with Crippen molar-refractivity contribution in [1.29, 1.82) is 0 Å². The molecule has 0 saturated carbocycles. The van der Waals surface area contributed by atoms with Gasteiger partial charge >= 0.3 is 0 Å². The highest BCUT2D eigenvalue weighted by molar-refractivity contribution is 6.30. The monoisotopic (exact) mass is 215 g/mol. The summed E-state index contributed by atoms with van der Waals surface area (Å²) in [4.78, 5) is 0. The third-order valence-corrected chi connectivity index (χ3v) is 2.18. The highest BCUT2D eigenvalue weighted by Crippen LogP contribution is 2.13. The van der Waals surface area contributed by atoms with Gasteiger partial charge in [-0.1, -0.05) is 24.9 Å². The van der Waals surface area contributed by atoms with Crippen molar-refractivity contribution < 1.29 is 4.39 Å². The standard InChI is InChI=1S/C11H15ClFN/c1-2-3-4-14-8-9-5-10(12)7-11(13)6-9/h5-7,14H,2-4,8H2,1H3. The zero-order valence-electron chi connectivity index (χ0n) is 8.32. The molecule has 0 spiro atoms. The Labute approximate surface area is 89.3 Å². The molecule has 0 aliphatic carbocycles. The van der Waals surface area contributed by atoms with Gasteiger partial charge in [-0.3, -0.25) is 0 Å².